The number of aromatic amines is 2. The van der Waals surface area contributed by atoms with E-state index in [9.17, 15) is 5.11 Å². The van der Waals surface area contributed by atoms with Gasteiger partial charge in [-0.2, -0.15) is 5.10 Å². The first-order chi connectivity index (χ1) is 13.3. The first kappa shape index (κ1) is 16.0. The van der Waals surface area contributed by atoms with E-state index in [-0.39, 0.29) is 6.10 Å². The van der Waals surface area contributed by atoms with Gasteiger partial charge in [0.25, 0.3) is 0 Å². The van der Waals surface area contributed by atoms with Crippen LogP contribution in [0.3, 0.4) is 0 Å². The van der Waals surface area contributed by atoms with Crippen molar-refractivity contribution in [1.82, 2.24) is 30.1 Å². The van der Waals surface area contributed by atoms with Gasteiger partial charge in [-0.3, -0.25) is 10.1 Å². The molecule has 27 heavy (non-hydrogen) atoms. The summed E-state index contributed by atoms with van der Waals surface area (Å²) in [5.74, 6) is 0.840. The van der Waals surface area contributed by atoms with Gasteiger partial charge in [-0.15, -0.1) is 0 Å². The fourth-order valence-corrected chi connectivity index (χ4v) is 3.51. The van der Waals surface area contributed by atoms with Crippen LogP contribution < -0.4 is 4.90 Å². The summed E-state index contributed by atoms with van der Waals surface area (Å²) < 4.78 is 0. The van der Waals surface area contributed by atoms with Crippen molar-refractivity contribution < 1.29 is 5.11 Å². The van der Waals surface area contributed by atoms with Gasteiger partial charge in [0.1, 0.15) is 11.5 Å². The van der Waals surface area contributed by atoms with Crippen LogP contribution in [0.1, 0.15) is 12.8 Å². The van der Waals surface area contributed by atoms with Gasteiger partial charge in [0.05, 0.1) is 30.4 Å². The Hall–Kier alpha value is -3.26. The van der Waals surface area contributed by atoms with Crippen LogP contribution in [0.2, 0.25) is 0 Å². The maximum absolute atomic E-state index is 9.72. The summed E-state index contributed by atoms with van der Waals surface area (Å²) in [5, 5.41) is 17.6. The number of nitrogens with one attached hydrogen (secondary N) is 2. The molecule has 5 heterocycles. The molecular formula is C19H19N7O. The number of aliphatic hydroxyl groups excluding tert-OH is 1. The molecule has 4 aromatic rings. The minimum absolute atomic E-state index is 0.210. The molecule has 1 fully saturated rings. The van der Waals surface area contributed by atoms with Crippen molar-refractivity contribution >= 4 is 16.9 Å². The van der Waals surface area contributed by atoms with E-state index in [4.69, 9.17) is 4.98 Å². The number of nitrogens with zero attached hydrogens (tertiary/aromatic N) is 5. The molecule has 8 nitrogen and oxygen atoms in total. The molecule has 0 atom stereocenters. The lowest BCUT2D eigenvalue weighted by Gasteiger charge is -2.30. The Bertz CT molecular complexity index is 1060. The average molecular weight is 361 g/mol. The number of rotatable bonds is 3. The summed E-state index contributed by atoms with van der Waals surface area (Å²) in [4.78, 5) is 19.1. The molecular weight excluding hydrogens is 342 g/mol. The molecule has 8 heteroatoms. The fraction of sp³-hybridized carbons (Fsp3) is 0.263. The summed E-state index contributed by atoms with van der Waals surface area (Å²) in [6.45, 7) is 1.58. The number of pyridine rings is 1. The molecule has 0 bridgehead atoms. The number of hydrogen-bond acceptors (Lipinski definition) is 6. The molecule has 0 amide bonds. The maximum Gasteiger partial charge on any atom is 0.147 e. The lowest BCUT2D eigenvalue weighted by atomic mass is 10.1. The topological polar surface area (TPSA) is 107 Å². The summed E-state index contributed by atoms with van der Waals surface area (Å²) in [5.41, 5.74) is 4.56. The van der Waals surface area contributed by atoms with Crippen LogP contribution in [0.15, 0.2) is 43.2 Å². The Morgan fingerprint density at radius 3 is 2.74 bits per heavy atom. The van der Waals surface area contributed by atoms with Gasteiger partial charge in [0.15, 0.2) is 0 Å². The van der Waals surface area contributed by atoms with Crippen LogP contribution in [0.5, 0.6) is 0 Å². The highest BCUT2D eigenvalue weighted by atomic mass is 16.3. The minimum Gasteiger partial charge on any atom is -0.393 e. The number of aromatic nitrogens is 6. The molecule has 4 aromatic heterocycles. The molecule has 1 aliphatic rings. The summed E-state index contributed by atoms with van der Waals surface area (Å²) in [6, 6.07) is 2.09. The molecule has 0 radical (unpaired) electrons. The van der Waals surface area contributed by atoms with E-state index >= 15 is 0 Å². The van der Waals surface area contributed by atoms with E-state index in [0.717, 1.165) is 65.2 Å². The zero-order valence-electron chi connectivity index (χ0n) is 14.6. The van der Waals surface area contributed by atoms with Gasteiger partial charge in [0, 0.05) is 53.8 Å². The number of piperidine rings is 1. The minimum atomic E-state index is -0.210. The van der Waals surface area contributed by atoms with E-state index in [2.05, 4.69) is 36.1 Å². The highest BCUT2D eigenvalue weighted by Crippen LogP contribution is 2.30. The Kier molecular flexibility index (Phi) is 3.83. The molecule has 3 N–H and O–H groups in total. The molecule has 1 aliphatic heterocycles. The first-order valence-corrected chi connectivity index (χ1v) is 8.99. The Labute approximate surface area is 155 Å². The number of fused-ring (bicyclic) bond motifs is 1. The van der Waals surface area contributed by atoms with Gasteiger partial charge < -0.3 is 15.0 Å². The van der Waals surface area contributed by atoms with Crippen LogP contribution in [0.4, 0.5) is 5.82 Å². The van der Waals surface area contributed by atoms with Crippen LogP contribution in [0.25, 0.3) is 33.4 Å². The zero-order valence-corrected chi connectivity index (χ0v) is 14.6. The lowest BCUT2D eigenvalue weighted by Crippen LogP contribution is -2.36. The summed E-state index contributed by atoms with van der Waals surface area (Å²) in [6.07, 6.45) is 12.2. The third-order valence-electron chi connectivity index (χ3n) is 5.05. The van der Waals surface area contributed by atoms with Crippen LogP contribution in [-0.2, 0) is 0 Å². The maximum atomic E-state index is 9.72. The van der Waals surface area contributed by atoms with Crippen molar-refractivity contribution in [2.24, 2.45) is 0 Å². The molecule has 136 valence electrons. The van der Waals surface area contributed by atoms with Crippen molar-refractivity contribution in [3.8, 4) is 22.4 Å². The van der Waals surface area contributed by atoms with E-state index in [1.54, 1.807) is 18.6 Å². The molecule has 0 aromatic carbocycles. The van der Waals surface area contributed by atoms with E-state index in [0.29, 0.717) is 0 Å². The monoisotopic (exact) mass is 361 g/mol. The average Bonchev–Trinajstić information content (AvgIpc) is 3.38. The van der Waals surface area contributed by atoms with Crippen molar-refractivity contribution in [2.75, 3.05) is 18.0 Å². The quantitative estimate of drug-likeness (QED) is 0.517. The van der Waals surface area contributed by atoms with E-state index in [1.165, 1.54) is 0 Å². The second-order valence-corrected chi connectivity index (χ2v) is 6.79. The summed E-state index contributed by atoms with van der Waals surface area (Å²) >= 11 is 0. The Morgan fingerprint density at radius 1 is 1.04 bits per heavy atom. The molecule has 0 spiro atoms. The van der Waals surface area contributed by atoms with E-state index in [1.807, 2.05) is 18.6 Å². The number of hydrogen-bond donors (Lipinski definition) is 3. The fourth-order valence-electron chi connectivity index (χ4n) is 3.51. The van der Waals surface area contributed by atoms with Crippen molar-refractivity contribution in [2.45, 2.75) is 18.9 Å². The van der Waals surface area contributed by atoms with Crippen molar-refractivity contribution in [3.63, 3.8) is 0 Å². The van der Waals surface area contributed by atoms with Crippen molar-refractivity contribution in [3.05, 3.63) is 43.2 Å². The zero-order chi connectivity index (χ0) is 18.2. The molecule has 0 unspecified atom stereocenters. The van der Waals surface area contributed by atoms with Gasteiger partial charge >= 0.3 is 0 Å². The van der Waals surface area contributed by atoms with Gasteiger partial charge in [-0.1, -0.05) is 0 Å². The predicted molar refractivity (Wildman–Crippen MR) is 102 cm³/mol. The molecule has 5 rings (SSSR count). The van der Waals surface area contributed by atoms with Crippen LogP contribution >= 0.6 is 0 Å². The Balaban J connectivity index is 1.53. The number of H-pyrrole nitrogens is 2. The second-order valence-electron chi connectivity index (χ2n) is 6.79. The predicted octanol–water partition coefficient (Wildman–Crippen LogP) is 2.37. The van der Waals surface area contributed by atoms with Gasteiger partial charge in [-0.25, -0.2) is 9.97 Å². The first-order valence-electron chi connectivity index (χ1n) is 8.99. The van der Waals surface area contributed by atoms with Gasteiger partial charge in [0.2, 0.25) is 0 Å². The highest BCUT2D eigenvalue weighted by Gasteiger charge is 2.19. The smallest absolute Gasteiger partial charge is 0.147 e. The number of anilines is 1. The highest BCUT2D eigenvalue weighted by molar-refractivity contribution is 5.94. The second kappa shape index (κ2) is 6.48. The van der Waals surface area contributed by atoms with Crippen molar-refractivity contribution in [1.29, 1.82) is 0 Å². The largest absolute Gasteiger partial charge is 0.393 e. The third kappa shape index (κ3) is 2.93. The van der Waals surface area contributed by atoms with Gasteiger partial charge in [-0.05, 0) is 18.9 Å². The van der Waals surface area contributed by atoms with E-state index < -0.39 is 0 Å². The number of aliphatic hydroxyl groups is 1. The SMILES string of the molecule is OC1CCN(c2cncc(-c3c[nH]c4ncc(-c5cn[nH]c5)cc34)n2)CC1. The summed E-state index contributed by atoms with van der Waals surface area (Å²) in [7, 11) is 0. The third-order valence-corrected chi connectivity index (χ3v) is 5.05. The molecule has 0 saturated carbocycles. The Morgan fingerprint density at radius 2 is 1.93 bits per heavy atom. The lowest BCUT2D eigenvalue weighted by molar-refractivity contribution is 0.145. The standard InChI is InChI=1S/C19H19N7O/c27-14-1-3-26(4-2-14)18-11-20-10-17(25-18)16-9-22-19-15(16)5-12(6-21-19)13-7-23-24-8-13/h5-11,14,27H,1-4H2,(H,21,22)(H,23,24). The van der Waals surface area contributed by atoms with Crippen LogP contribution in [0, 0.1) is 0 Å². The van der Waals surface area contributed by atoms with Crippen LogP contribution in [-0.4, -0.2) is 54.4 Å². The molecule has 0 aliphatic carbocycles. The molecule has 1 saturated heterocycles. The normalized spacial score (nSPS) is 15.5.